The number of halogens is 1. The second-order valence-corrected chi connectivity index (χ2v) is 5.11. The van der Waals surface area contributed by atoms with E-state index in [0.29, 0.717) is 0 Å². The summed E-state index contributed by atoms with van der Waals surface area (Å²) < 4.78 is 0.770. The number of likely N-dealkylation sites (N-methyl/N-ethyl adjacent to an activating group) is 1. The average molecular weight is 247 g/mol. The minimum atomic E-state index is -0.203. The summed E-state index contributed by atoms with van der Waals surface area (Å²) in [6.45, 7) is 3.85. The van der Waals surface area contributed by atoms with Gasteiger partial charge < -0.3 is 5.32 Å². The van der Waals surface area contributed by atoms with Crippen molar-refractivity contribution in [1.29, 1.82) is 0 Å². The molecule has 1 aromatic rings. The van der Waals surface area contributed by atoms with E-state index < -0.39 is 0 Å². The van der Waals surface area contributed by atoms with Crippen molar-refractivity contribution in [3.63, 3.8) is 0 Å². The van der Waals surface area contributed by atoms with Gasteiger partial charge >= 0.3 is 0 Å². The molecule has 2 atom stereocenters. The molecule has 0 aliphatic rings. The lowest BCUT2D eigenvalue weighted by molar-refractivity contribution is -0.122. The Kier molecular flexibility index (Phi) is 4.57. The number of thiophene rings is 1. The van der Waals surface area contributed by atoms with Crippen LogP contribution in [0.4, 0.5) is 0 Å². The van der Waals surface area contributed by atoms with Crippen LogP contribution in [0.5, 0.6) is 0 Å². The molecule has 84 valence electrons. The highest BCUT2D eigenvalue weighted by Crippen LogP contribution is 2.26. The van der Waals surface area contributed by atoms with Gasteiger partial charge in [0.25, 0.3) is 0 Å². The smallest absolute Gasteiger partial charge is 0.236 e. The molecule has 0 aliphatic carbocycles. The van der Waals surface area contributed by atoms with Crippen LogP contribution < -0.4 is 10.6 Å². The lowest BCUT2D eigenvalue weighted by Crippen LogP contribution is -2.41. The van der Waals surface area contributed by atoms with Crippen LogP contribution in [0.1, 0.15) is 24.8 Å². The summed E-state index contributed by atoms with van der Waals surface area (Å²) in [5, 5.41) is 5.80. The SMILES string of the molecule is CNC(=O)C(C)NC(C)c1ccc(Cl)s1. The predicted octanol–water partition coefficient (Wildman–Crippen LogP) is 2.19. The van der Waals surface area contributed by atoms with Crippen molar-refractivity contribution in [3.05, 3.63) is 21.3 Å². The monoisotopic (exact) mass is 246 g/mol. The van der Waals surface area contributed by atoms with Gasteiger partial charge in [-0.05, 0) is 26.0 Å². The maximum absolute atomic E-state index is 11.3. The highest BCUT2D eigenvalue weighted by molar-refractivity contribution is 7.16. The van der Waals surface area contributed by atoms with Gasteiger partial charge in [-0.3, -0.25) is 10.1 Å². The molecule has 1 heterocycles. The summed E-state index contributed by atoms with van der Waals surface area (Å²) in [6.07, 6.45) is 0. The fraction of sp³-hybridized carbons (Fsp3) is 0.500. The Labute approximate surface area is 98.8 Å². The van der Waals surface area contributed by atoms with Crippen LogP contribution in [-0.2, 0) is 4.79 Å². The summed E-state index contributed by atoms with van der Waals surface area (Å²) in [6, 6.07) is 3.77. The minimum Gasteiger partial charge on any atom is -0.358 e. The number of nitrogens with one attached hydrogen (secondary N) is 2. The number of hydrogen-bond donors (Lipinski definition) is 2. The standard InChI is InChI=1S/C10H15ClN2OS/c1-6(8-4-5-9(11)15-8)13-7(2)10(14)12-3/h4-7,13H,1-3H3,(H,12,14). The third-order valence-corrected chi connectivity index (χ3v) is 3.57. The Hall–Kier alpha value is -0.580. The fourth-order valence-electron chi connectivity index (χ4n) is 1.31. The lowest BCUT2D eigenvalue weighted by atomic mass is 10.2. The number of rotatable bonds is 4. The highest BCUT2D eigenvalue weighted by Gasteiger charge is 2.15. The summed E-state index contributed by atoms with van der Waals surface area (Å²) in [5.74, 6) is -0.00972. The Bertz CT molecular complexity index is 340. The molecular formula is C10H15ClN2OS. The van der Waals surface area contributed by atoms with Gasteiger partial charge in [-0.2, -0.15) is 0 Å². The summed E-state index contributed by atoms with van der Waals surface area (Å²) in [4.78, 5) is 12.4. The Morgan fingerprint density at radius 2 is 2.13 bits per heavy atom. The molecule has 0 aliphatic heterocycles. The van der Waals surface area contributed by atoms with Gasteiger partial charge in [-0.25, -0.2) is 0 Å². The van der Waals surface area contributed by atoms with Gasteiger partial charge in [0.2, 0.25) is 5.91 Å². The van der Waals surface area contributed by atoms with Crippen LogP contribution in [0.25, 0.3) is 0 Å². The zero-order valence-electron chi connectivity index (χ0n) is 9.00. The van der Waals surface area contributed by atoms with E-state index in [0.717, 1.165) is 9.21 Å². The van der Waals surface area contributed by atoms with Crippen molar-refractivity contribution in [2.24, 2.45) is 0 Å². The van der Waals surface area contributed by atoms with Crippen molar-refractivity contribution in [1.82, 2.24) is 10.6 Å². The normalized spacial score (nSPS) is 14.7. The molecule has 0 saturated carbocycles. The second kappa shape index (κ2) is 5.49. The number of amides is 1. The van der Waals surface area contributed by atoms with E-state index >= 15 is 0 Å². The van der Waals surface area contributed by atoms with Crippen LogP contribution in [-0.4, -0.2) is 19.0 Å². The van der Waals surface area contributed by atoms with Gasteiger partial charge in [-0.15, -0.1) is 11.3 Å². The third kappa shape index (κ3) is 3.48. The third-order valence-electron chi connectivity index (χ3n) is 2.16. The molecule has 0 radical (unpaired) electrons. The van der Waals surface area contributed by atoms with Crippen molar-refractivity contribution in [3.8, 4) is 0 Å². The van der Waals surface area contributed by atoms with Crippen LogP contribution in [0.3, 0.4) is 0 Å². The van der Waals surface area contributed by atoms with E-state index in [1.165, 1.54) is 11.3 Å². The first kappa shape index (κ1) is 12.5. The van der Waals surface area contributed by atoms with Gasteiger partial charge in [0, 0.05) is 18.0 Å². The van der Waals surface area contributed by atoms with Gasteiger partial charge in [0.15, 0.2) is 0 Å². The van der Waals surface area contributed by atoms with E-state index in [9.17, 15) is 4.79 Å². The van der Waals surface area contributed by atoms with Crippen molar-refractivity contribution in [2.45, 2.75) is 25.9 Å². The number of carbonyl (C=O) groups excluding carboxylic acids is 1. The molecular weight excluding hydrogens is 232 g/mol. The molecule has 0 fully saturated rings. The maximum atomic E-state index is 11.3. The summed E-state index contributed by atoms with van der Waals surface area (Å²) >= 11 is 7.37. The topological polar surface area (TPSA) is 41.1 Å². The largest absolute Gasteiger partial charge is 0.358 e. The van der Waals surface area contributed by atoms with E-state index in [-0.39, 0.29) is 18.0 Å². The van der Waals surface area contributed by atoms with Crippen LogP contribution in [0.15, 0.2) is 12.1 Å². The molecule has 1 aromatic heterocycles. The van der Waals surface area contributed by atoms with E-state index in [1.54, 1.807) is 7.05 Å². The molecule has 0 saturated heterocycles. The van der Waals surface area contributed by atoms with Crippen LogP contribution in [0.2, 0.25) is 4.34 Å². The van der Waals surface area contributed by atoms with Crippen LogP contribution >= 0.6 is 22.9 Å². The minimum absolute atomic E-state index is 0.00972. The first-order valence-corrected chi connectivity index (χ1v) is 5.97. The Balaban J connectivity index is 2.55. The molecule has 2 N–H and O–H groups in total. The van der Waals surface area contributed by atoms with Crippen molar-refractivity contribution in [2.75, 3.05) is 7.05 Å². The Morgan fingerprint density at radius 1 is 1.47 bits per heavy atom. The quantitative estimate of drug-likeness (QED) is 0.855. The Morgan fingerprint density at radius 3 is 2.60 bits per heavy atom. The van der Waals surface area contributed by atoms with Gasteiger partial charge in [-0.1, -0.05) is 11.6 Å². The summed E-state index contributed by atoms with van der Waals surface area (Å²) in [5.41, 5.74) is 0. The predicted molar refractivity (Wildman–Crippen MR) is 64.4 cm³/mol. The fourth-order valence-corrected chi connectivity index (χ4v) is 2.38. The molecule has 0 spiro atoms. The maximum Gasteiger partial charge on any atom is 0.236 e. The van der Waals surface area contributed by atoms with Crippen molar-refractivity contribution < 1.29 is 4.79 Å². The first-order valence-electron chi connectivity index (χ1n) is 4.77. The molecule has 0 aromatic carbocycles. The zero-order valence-corrected chi connectivity index (χ0v) is 10.6. The van der Waals surface area contributed by atoms with Crippen molar-refractivity contribution >= 4 is 28.8 Å². The molecule has 5 heteroatoms. The average Bonchev–Trinajstić information content (AvgIpc) is 2.63. The molecule has 2 unspecified atom stereocenters. The molecule has 0 bridgehead atoms. The highest BCUT2D eigenvalue weighted by atomic mass is 35.5. The zero-order chi connectivity index (χ0) is 11.4. The van der Waals surface area contributed by atoms with E-state index in [2.05, 4.69) is 10.6 Å². The van der Waals surface area contributed by atoms with Gasteiger partial charge in [0.1, 0.15) is 0 Å². The van der Waals surface area contributed by atoms with Crippen LogP contribution in [0, 0.1) is 0 Å². The lowest BCUT2D eigenvalue weighted by Gasteiger charge is -2.17. The number of hydrogen-bond acceptors (Lipinski definition) is 3. The molecule has 1 amide bonds. The molecule has 15 heavy (non-hydrogen) atoms. The van der Waals surface area contributed by atoms with E-state index in [4.69, 9.17) is 11.6 Å². The van der Waals surface area contributed by atoms with E-state index in [1.807, 2.05) is 26.0 Å². The van der Waals surface area contributed by atoms with Gasteiger partial charge in [0.05, 0.1) is 10.4 Å². The second-order valence-electron chi connectivity index (χ2n) is 3.37. The molecule has 1 rings (SSSR count). The first-order chi connectivity index (χ1) is 7.04. The molecule has 3 nitrogen and oxygen atoms in total. The number of carbonyl (C=O) groups is 1. The summed E-state index contributed by atoms with van der Waals surface area (Å²) in [7, 11) is 1.63.